The van der Waals surface area contributed by atoms with Gasteiger partial charge in [-0.05, 0) is 30.2 Å². The molecule has 1 heterocycles. The van der Waals surface area contributed by atoms with Gasteiger partial charge in [-0.1, -0.05) is 23.7 Å². The van der Waals surface area contributed by atoms with E-state index in [1.807, 2.05) is 24.3 Å². The van der Waals surface area contributed by atoms with E-state index in [2.05, 4.69) is 5.32 Å². The van der Waals surface area contributed by atoms with Crippen LogP contribution in [-0.4, -0.2) is 16.5 Å². The molecule has 1 aromatic carbocycles. The highest BCUT2D eigenvalue weighted by Crippen LogP contribution is 2.41. The molecule has 1 fully saturated rings. The maximum Gasteiger partial charge on any atom is 0.251 e. The van der Waals surface area contributed by atoms with Crippen molar-refractivity contribution < 1.29 is 4.79 Å². The second-order valence-corrected chi connectivity index (χ2v) is 5.78. The van der Waals surface area contributed by atoms with Crippen LogP contribution in [0.25, 0.3) is 0 Å². The normalized spacial score (nSPS) is 20.1. The molecule has 0 aliphatic heterocycles. The number of aryl methyl sites for hydroxylation is 1. The molecule has 5 heteroatoms. The monoisotopic (exact) mass is 302 g/mol. The Labute approximate surface area is 127 Å². The molecule has 2 atom stereocenters. The summed E-state index contributed by atoms with van der Waals surface area (Å²) in [5.74, 6) is 0.0985. The molecule has 0 unspecified atom stereocenters. The van der Waals surface area contributed by atoms with Crippen LogP contribution >= 0.6 is 11.6 Å². The molecule has 1 N–H and O–H groups in total. The first-order valence-corrected chi connectivity index (χ1v) is 7.15. The lowest BCUT2D eigenvalue weighted by Gasteiger charge is -2.06. The van der Waals surface area contributed by atoms with Crippen molar-refractivity contribution in [3.63, 3.8) is 0 Å². The number of carbonyl (C=O) groups excluding carboxylic acids is 1. The number of hydrogen-bond acceptors (Lipinski definition) is 2. The number of carbonyl (C=O) groups is 1. The van der Waals surface area contributed by atoms with Gasteiger partial charge >= 0.3 is 0 Å². The third-order valence-corrected chi connectivity index (χ3v) is 3.99. The van der Waals surface area contributed by atoms with Crippen LogP contribution in [0.5, 0.6) is 0 Å². The largest absolute Gasteiger partial charge is 0.349 e. The number of hydrogen-bond donors (Lipinski definition) is 1. The van der Waals surface area contributed by atoms with Crippen LogP contribution in [0, 0.1) is 0 Å². The maximum absolute atomic E-state index is 12.1. The molecule has 4 nitrogen and oxygen atoms in total. The zero-order valence-electron chi connectivity index (χ0n) is 11.5. The number of rotatable bonds is 3. The highest BCUT2D eigenvalue weighted by atomic mass is 35.5. The van der Waals surface area contributed by atoms with Gasteiger partial charge in [-0.3, -0.25) is 9.59 Å². The molecule has 108 valence electrons. The summed E-state index contributed by atoms with van der Waals surface area (Å²) in [5, 5.41) is 3.66. The van der Waals surface area contributed by atoms with Crippen LogP contribution < -0.4 is 10.9 Å². The van der Waals surface area contributed by atoms with Crippen molar-refractivity contribution >= 4 is 17.5 Å². The van der Waals surface area contributed by atoms with Gasteiger partial charge in [0.2, 0.25) is 0 Å². The van der Waals surface area contributed by atoms with Crippen molar-refractivity contribution in [2.75, 3.05) is 0 Å². The quantitative estimate of drug-likeness (QED) is 0.946. The van der Waals surface area contributed by atoms with Crippen molar-refractivity contribution in [2.45, 2.75) is 18.4 Å². The highest BCUT2D eigenvalue weighted by Gasteiger charge is 2.39. The molecule has 21 heavy (non-hydrogen) atoms. The number of benzene rings is 1. The SMILES string of the molecule is Cn1ccc(C(=O)N[C@H]2C[C@H]2c2cccc(Cl)c2)cc1=O. The van der Waals surface area contributed by atoms with Crippen molar-refractivity contribution in [1.82, 2.24) is 9.88 Å². The van der Waals surface area contributed by atoms with Crippen LogP contribution in [0.3, 0.4) is 0 Å². The third-order valence-electron chi connectivity index (χ3n) is 3.75. The Bertz CT molecular complexity index is 754. The lowest BCUT2D eigenvalue weighted by molar-refractivity contribution is 0.0950. The van der Waals surface area contributed by atoms with E-state index in [0.717, 1.165) is 12.0 Å². The Morgan fingerprint density at radius 3 is 2.86 bits per heavy atom. The van der Waals surface area contributed by atoms with Gasteiger partial charge in [0, 0.05) is 41.9 Å². The number of halogens is 1. The predicted molar refractivity (Wildman–Crippen MR) is 81.7 cm³/mol. The van der Waals surface area contributed by atoms with Crippen molar-refractivity contribution in [3.8, 4) is 0 Å². The summed E-state index contributed by atoms with van der Waals surface area (Å²) in [5.41, 5.74) is 1.34. The molecule has 1 aromatic heterocycles. The molecular formula is C16H15ClN2O2. The van der Waals surface area contributed by atoms with Crippen LogP contribution in [0.1, 0.15) is 28.3 Å². The molecule has 0 bridgehead atoms. The number of aromatic nitrogens is 1. The Hall–Kier alpha value is -2.07. The van der Waals surface area contributed by atoms with E-state index in [9.17, 15) is 9.59 Å². The minimum Gasteiger partial charge on any atom is -0.349 e. The summed E-state index contributed by atoms with van der Waals surface area (Å²) < 4.78 is 1.43. The fourth-order valence-corrected chi connectivity index (χ4v) is 2.60. The zero-order valence-corrected chi connectivity index (χ0v) is 12.3. The van der Waals surface area contributed by atoms with Gasteiger partial charge in [-0.15, -0.1) is 0 Å². The van der Waals surface area contributed by atoms with Gasteiger partial charge in [0.15, 0.2) is 0 Å². The van der Waals surface area contributed by atoms with E-state index in [1.54, 1.807) is 19.3 Å². The highest BCUT2D eigenvalue weighted by molar-refractivity contribution is 6.30. The van der Waals surface area contributed by atoms with Gasteiger partial charge in [0.25, 0.3) is 11.5 Å². The second-order valence-electron chi connectivity index (χ2n) is 5.34. The molecule has 0 spiro atoms. The van der Waals surface area contributed by atoms with Crippen LogP contribution in [0.2, 0.25) is 5.02 Å². The van der Waals surface area contributed by atoms with E-state index in [0.29, 0.717) is 16.5 Å². The molecule has 1 amide bonds. The minimum absolute atomic E-state index is 0.111. The number of nitrogens with zero attached hydrogens (tertiary/aromatic N) is 1. The first-order chi connectivity index (χ1) is 10.0. The average molecular weight is 303 g/mol. The first-order valence-electron chi connectivity index (χ1n) is 6.77. The van der Waals surface area contributed by atoms with E-state index >= 15 is 0 Å². The summed E-state index contributed by atoms with van der Waals surface area (Å²) in [6.45, 7) is 0. The number of amides is 1. The predicted octanol–water partition coefficient (Wildman–Crippen LogP) is 2.32. The molecule has 1 aliphatic rings. The second kappa shape index (κ2) is 5.37. The zero-order chi connectivity index (χ0) is 15.0. The molecular weight excluding hydrogens is 288 g/mol. The van der Waals surface area contributed by atoms with Crippen molar-refractivity contribution in [2.24, 2.45) is 7.05 Å². The molecule has 1 saturated carbocycles. The van der Waals surface area contributed by atoms with E-state index in [-0.39, 0.29) is 17.5 Å². The van der Waals surface area contributed by atoms with E-state index in [4.69, 9.17) is 11.6 Å². The fourth-order valence-electron chi connectivity index (χ4n) is 2.40. The Morgan fingerprint density at radius 2 is 2.14 bits per heavy atom. The molecule has 1 aliphatic carbocycles. The topological polar surface area (TPSA) is 51.1 Å². The minimum atomic E-state index is -0.206. The Balaban J connectivity index is 1.67. The summed E-state index contributed by atoms with van der Waals surface area (Å²) >= 11 is 5.97. The summed E-state index contributed by atoms with van der Waals surface area (Å²) in [6.07, 6.45) is 2.50. The maximum atomic E-state index is 12.1. The van der Waals surface area contributed by atoms with Crippen LogP contribution in [0.4, 0.5) is 0 Å². The number of nitrogens with one attached hydrogen (secondary N) is 1. The molecule has 0 saturated heterocycles. The van der Waals surface area contributed by atoms with Gasteiger partial charge in [-0.25, -0.2) is 0 Å². The average Bonchev–Trinajstić information content (AvgIpc) is 3.21. The standard InChI is InChI=1S/C16H15ClN2O2/c1-19-6-5-11(8-15(19)20)16(21)18-14-9-13(14)10-3-2-4-12(17)7-10/h2-8,13-14H,9H2,1H3,(H,18,21)/t13-,14-/m0/s1. The summed E-state index contributed by atoms with van der Waals surface area (Å²) in [7, 11) is 1.65. The van der Waals surface area contributed by atoms with Crippen molar-refractivity contribution in [3.05, 3.63) is 69.1 Å². The van der Waals surface area contributed by atoms with E-state index < -0.39 is 0 Å². The summed E-state index contributed by atoms with van der Waals surface area (Å²) in [4.78, 5) is 23.7. The lowest BCUT2D eigenvalue weighted by atomic mass is 10.1. The molecule has 0 radical (unpaired) electrons. The third kappa shape index (κ3) is 3.00. The van der Waals surface area contributed by atoms with Gasteiger partial charge < -0.3 is 9.88 Å². The van der Waals surface area contributed by atoms with Crippen LogP contribution in [0.15, 0.2) is 47.4 Å². The van der Waals surface area contributed by atoms with Crippen molar-refractivity contribution in [1.29, 1.82) is 0 Å². The lowest BCUT2D eigenvalue weighted by Crippen LogP contribution is -2.28. The molecule has 3 rings (SSSR count). The van der Waals surface area contributed by atoms with Gasteiger partial charge in [0.05, 0.1) is 0 Å². The number of pyridine rings is 1. The fraction of sp³-hybridized carbons (Fsp3) is 0.250. The Kier molecular flexibility index (Phi) is 3.55. The smallest absolute Gasteiger partial charge is 0.251 e. The first kappa shape index (κ1) is 13.9. The van der Waals surface area contributed by atoms with E-state index in [1.165, 1.54) is 10.6 Å². The van der Waals surface area contributed by atoms with Crippen LogP contribution in [-0.2, 0) is 7.05 Å². The van der Waals surface area contributed by atoms with Gasteiger partial charge in [-0.2, -0.15) is 0 Å². The van der Waals surface area contributed by atoms with Gasteiger partial charge in [0.1, 0.15) is 0 Å². The molecule has 2 aromatic rings. The summed E-state index contributed by atoms with van der Waals surface area (Å²) in [6, 6.07) is 10.8. The Morgan fingerprint density at radius 1 is 1.33 bits per heavy atom.